The van der Waals surface area contributed by atoms with Crippen LogP contribution in [-0.4, -0.2) is 64.9 Å². The lowest BCUT2D eigenvalue weighted by molar-refractivity contribution is 0.0531. The zero-order valence-electron chi connectivity index (χ0n) is 19.5. The van der Waals surface area contributed by atoms with E-state index in [9.17, 15) is 5.26 Å². The standard InChI is InChI=1S/C24H29N7O3/c1-16-14-30(9-10-33-16)19-11-21(24-17(12-25)13-26-31(24)15-19)34-20-5-3-18(4-6-20)27-22-7-8-23(32-2)29-28-22/h7-8,11,13,15-16,18,20H,3-6,9-10,14H2,1-2H3,(H,27,28)/t16-,18?,20?/m1/s1. The van der Waals surface area contributed by atoms with Gasteiger partial charge in [0.25, 0.3) is 0 Å². The summed E-state index contributed by atoms with van der Waals surface area (Å²) in [5.74, 6) is 1.96. The second kappa shape index (κ2) is 9.73. The van der Waals surface area contributed by atoms with Crippen molar-refractivity contribution in [3.8, 4) is 17.7 Å². The molecule has 10 nitrogen and oxygen atoms in total. The van der Waals surface area contributed by atoms with Crippen molar-refractivity contribution in [1.29, 1.82) is 5.26 Å². The number of ether oxygens (including phenoxy) is 3. The maximum absolute atomic E-state index is 9.60. The van der Waals surface area contributed by atoms with Gasteiger partial charge < -0.3 is 24.4 Å². The fourth-order valence-electron chi connectivity index (χ4n) is 4.69. The summed E-state index contributed by atoms with van der Waals surface area (Å²) in [6.07, 6.45) is 7.54. The zero-order valence-corrected chi connectivity index (χ0v) is 19.5. The number of nitriles is 1. The minimum Gasteiger partial charge on any atom is -0.488 e. The van der Waals surface area contributed by atoms with Gasteiger partial charge in [0.15, 0.2) is 0 Å². The maximum Gasteiger partial charge on any atom is 0.233 e. The molecule has 1 aliphatic heterocycles. The third kappa shape index (κ3) is 4.70. The van der Waals surface area contributed by atoms with Crippen molar-refractivity contribution < 1.29 is 14.2 Å². The quantitative estimate of drug-likeness (QED) is 0.590. The number of aromatic nitrogens is 4. The van der Waals surface area contributed by atoms with Crippen LogP contribution in [0.4, 0.5) is 11.5 Å². The van der Waals surface area contributed by atoms with Gasteiger partial charge in [0, 0.05) is 31.3 Å². The first-order chi connectivity index (χ1) is 16.6. The van der Waals surface area contributed by atoms with Gasteiger partial charge in [-0.1, -0.05) is 0 Å². The lowest BCUT2D eigenvalue weighted by Crippen LogP contribution is -2.41. The van der Waals surface area contributed by atoms with Crippen LogP contribution in [0.3, 0.4) is 0 Å². The first kappa shape index (κ1) is 22.2. The Morgan fingerprint density at radius 3 is 2.76 bits per heavy atom. The Balaban J connectivity index is 1.29. The number of nitrogens with zero attached hydrogens (tertiary/aromatic N) is 6. The number of methoxy groups -OCH3 is 1. The van der Waals surface area contributed by atoms with Gasteiger partial charge >= 0.3 is 0 Å². The monoisotopic (exact) mass is 463 g/mol. The normalized spacial score (nSPS) is 22.9. The number of anilines is 2. The molecule has 4 heterocycles. The lowest BCUT2D eigenvalue weighted by Gasteiger charge is -2.33. The Bertz CT molecular complexity index is 1170. The zero-order chi connectivity index (χ0) is 23.5. The number of rotatable bonds is 6. The molecule has 34 heavy (non-hydrogen) atoms. The molecular formula is C24H29N7O3. The lowest BCUT2D eigenvalue weighted by atomic mass is 9.93. The number of nitrogens with one attached hydrogen (secondary N) is 1. The van der Waals surface area contributed by atoms with Gasteiger partial charge in [0.05, 0.1) is 44.0 Å². The molecule has 5 rings (SSSR count). The molecule has 3 aromatic heterocycles. The first-order valence-corrected chi connectivity index (χ1v) is 11.7. The molecule has 178 valence electrons. The molecule has 1 aliphatic carbocycles. The highest BCUT2D eigenvalue weighted by Gasteiger charge is 2.25. The molecule has 0 spiro atoms. The van der Waals surface area contributed by atoms with Crippen molar-refractivity contribution in [3.05, 3.63) is 36.2 Å². The number of hydrogen-bond donors (Lipinski definition) is 1. The SMILES string of the molecule is COc1ccc(NC2CCC(Oc3cc(N4CCO[C@H](C)C4)cn4ncc(C#N)c34)CC2)nn1. The van der Waals surface area contributed by atoms with Gasteiger partial charge in [0.2, 0.25) is 5.88 Å². The van der Waals surface area contributed by atoms with Crippen LogP contribution >= 0.6 is 0 Å². The average Bonchev–Trinajstić information content (AvgIpc) is 3.29. The highest BCUT2D eigenvalue weighted by molar-refractivity contribution is 5.72. The summed E-state index contributed by atoms with van der Waals surface area (Å²) in [5, 5.41) is 25.7. The second-order valence-electron chi connectivity index (χ2n) is 8.85. The van der Waals surface area contributed by atoms with Crippen molar-refractivity contribution >= 4 is 17.0 Å². The van der Waals surface area contributed by atoms with E-state index in [4.69, 9.17) is 14.2 Å². The highest BCUT2D eigenvalue weighted by Crippen LogP contribution is 2.33. The summed E-state index contributed by atoms with van der Waals surface area (Å²) in [5.41, 5.74) is 2.27. The molecule has 10 heteroatoms. The van der Waals surface area contributed by atoms with Crippen LogP contribution in [0.5, 0.6) is 11.6 Å². The van der Waals surface area contributed by atoms with Crippen molar-refractivity contribution in [2.24, 2.45) is 0 Å². The Morgan fingerprint density at radius 2 is 2.06 bits per heavy atom. The second-order valence-corrected chi connectivity index (χ2v) is 8.85. The van der Waals surface area contributed by atoms with Gasteiger partial charge in [-0.2, -0.15) is 10.4 Å². The van der Waals surface area contributed by atoms with Gasteiger partial charge in [-0.25, -0.2) is 4.52 Å². The van der Waals surface area contributed by atoms with E-state index in [0.717, 1.165) is 55.8 Å². The van der Waals surface area contributed by atoms with Crippen LogP contribution in [0.25, 0.3) is 5.52 Å². The summed E-state index contributed by atoms with van der Waals surface area (Å²) in [6, 6.07) is 8.29. The Morgan fingerprint density at radius 1 is 1.21 bits per heavy atom. The molecule has 0 amide bonds. The Hall–Kier alpha value is -3.58. The van der Waals surface area contributed by atoms with E-state index in [1.807, 2.05) is 18.3 Å². The molecule has 1 saturated heterocycles. The number of pyridine rings is 1. The van der Waals surface area contributed by atoms with Crippen LogP contribution in [-0.2, 0) is 4.74 Å². The Labute approximate surface area is 198 Å². The van der Waals surface area contributed by atoms with Crippen molar-refractivity contribution in [2.75, 3.05) is 37.0 Å². The summed E-state index contributed by atoms with van der Waals surface area (Å²) in [7, 11) is 1.58. The van der Waals surface area contributed by atoms with E-state index in [0.29, 0.717) is 29.8 Å². The van der Waals surface area contributed by atoms with Crippen molar-refractivity contribution in [2.45, 2.75) is 50.9 Å². The van der Waals surface area contributed by atoms with E-state index >= 15 is 0 Å². The van der Waals surface area contributed by atoms with Crippen LogP contribution in [0, 0.1) is 11.3 Å². The van der Waals surface area contributed by atoms with Crippen molar-refractivity contribution in [1.82, 2.24) is 19.8 Å². The van der Waals surface area contributed by atoms with E-state index in [2.05, 4.69) is 38.5 Å². The molecule has 0 aromatic carbocycles. The third-order valence-electron chi connectivity index (χ3n) is 6.46. The molecule has 0 unspecified atom stereocenters. The number of fused-ring (bicyclic) bond motifs is 1. The molecule has 2 fully saturated rings. The van der Waals surface area contributed by atoms with E-state index in [1.54, 1.807) is 23.9 Å². The average molecular weight is 464 g/mol. The fraction of sp³-hybridized carbons (Fsp3) is 0.500. The predicted octanol–water partition coefficient (Wildman–Crippen LogP) is 3.03. The molecule has 0 radical (unpaired) electrons. The predicted molar refractivity (Wildman–Crippen MR) is 126 cm³/mol. The molecule has 3 aromatic rings. The fourth-order valence-corrected chi connectivity index (χ4v) is 4.69. The Kier molecular flexibility index (Phi) is 6.36. The summed E-state index contributed by atoms with van der Waals surface area (Å²) >= 11 is 0. The van der Waals surface area contributed by atoms with E-state index in [1.165, 1.54) is 0 Å². The summed E-state index contributed by atoms with van der Waals surface area (Å²) in [4.78, 5) is 2.28. The molecule has 1 N–H and O–H groups in total. The van der Waals surface area contributed by atoms with Gasteiger partial charge in [-0.3, -0.25) is 0 Å². The first-order valence-electron chi connectivity index (χ1n) is 11.7. The van der Waals surface area contributed by atoms with Gasteiger partial charge in [-0.15, -0.1) is 10.2 Å². The van der Waals surface area contributed by atoms with Crippen molar-refractivity contribution in [3.63, 3.8) is 0 Å². The molecule has 0 bridgehead atoms. The highest BCUT2D eigenvalue weighted by atomic mass is 16.5. The largest absolute Gasteiger partial charge is 0.488 e. The van der Waals surface area contributed by atoms with Gasteiger partial charge in [-0.05, 0) is 38.7 Å². The topological polar surface area (TPSA) is 110 Å². The minimum absolute atomic E-state index is 0.0732. The van der Waals surface area contributed by atoms with Gasteiger partial charge in [0.1, 0.15) is 28.7 Å². The number of morpholine rings is 1. The molecular weight excluding hydrogens is 434 g/mol. The van der Waals surface area contributed by atoms with Crippen LogP contribution in [0.15, 0.2) is 30.6 Å². The molecule has 1 saturated carbocycles. The molecule has 2 aliphatic rings. The smallest absolute Gasteiger partial charge is 0.233 e. The third-order valence-corrected chi connectivity index (χ3v) is 6.46. The van der Waals surface area contributed by atoms with E-state index < -0.39 is 0 Å². The summed E-state index contributed by atoms with van der Waals surface area (Å²) in [6.45, 7) is 4.39. The summed E-state index contributed by atoms with van der Waals surface area (Å²) < 4.78 is 19.0. The molecule has 1 atom stereocenters. The maximum atomic E-state index is 9.60. The number of hydrogen-bond acceptors (Lipinski definition) is 9. The van der Waals surface area contributed by atoms with Crippen LogP contribution < -0.4 is 19.7 Å². The van der Waals surface area contributed by atoms with Crippen LogP contribution in [0.2, 0.25) is 0 Å². The van der Waals surface area contributed by atoms with E-state index in [-0.39, 0.29) is 12.2 Å². The minimum atomic E-state index is 0.0732. The van der Waals surface area contributed by atoms with Crippen LogP contribution in [0.1, 0.15) is 38.2 Å².